The second-order valence-electron chi connectivity index (χ2n) is 5.61. The molecule has 0 bridgehead atoms. The Kier molecular flexibility index (Phi) is 3.53. The van der Waals surface area contributed by atoms with E-state index in [-0.39, 0.29) is 0 Å². The third-order valence-corrected chi connectivity index (χ3v) is 4.76. The van der Waals surface area contributed by atoms with E-state index in [1.54, 1.807) is 0 Å². The van der Waals surface area contributed by atoms with E-state index in [4.69, 9.17) is 0 Å². The average Bonchev–Trinajstić information content (AvgIpc) is 3.11. The maximum Gasteiger partial charge on any atom is 0.0175 e. The monoisotopic (exact) mass is 293 g/mol. The van der Waals surface area contributed by atoms with E-state index in [1.807, 2.05) is 0 Å². The number of hydrogen-bond donors (Lipinski definition) is 1. The Hall–Kier alpha value is -0.340. The lowest BCUT2D eigenvalue weighted by Gasteiger charge is -2.37. The molecule has 2 heteroatoms. The fourth-order valence-electron chi connectivity index (χ4n) is 2.70. The van der Waals surface area contributed by atoms with Crippen LogP contribution in [0, 0.1) is 11.8 Å². The first-order chi connectivity index (χ1) is 8.31. The van der Waals surface area contributed by atoms with Crippen molar-refractivity contribution in [3.63, 3.8) is 0 Å². The first-order valence-corrected chi connectivity index (χ1v) is 7.58. The smallest absolute Gasteiger partial charge is 0.0175 e. The molecular weight excluding hydrogens is 274 g/mol. The van der Waals surface area contributed by atoms with Gasteiger partial charge in [0.1, 0.15) is 0 Å². The fourth-order valence-corrected chi connectivity index (χ4v) is 2.97. The first kappa shape index (κ1) is 11.7. The van der Waals surface area contributed by atoms with Gasteiger partial charge in [-0.3, -0.25) is 0 Å². The summed E-state index contributed by atoms with van der Waals surface area (Å²) in [6.07, 6.45) is 6.94. The molecule has 2 fully saturated rings. The molecule has 0 heterocycles. The number of hydrogen-bond acceptors (Lipinski definition) is 1. The van der Waals surface area contributed by atoms with E-state index < -0.39 is 0 Å². The maximum atomic E-state index is 3.68. The summed E-state index contributed by atoms with van der Waals surface area (Å²) in [4.78, 5) is 0. The van der Waals surface area contributed by atoms with Gasteiger partial charge in [-0.2, -0.15) is 0 Å². The molecule has 3 rings (SSSR count). The molecule has 0 saturated heterocycles. The lowest BCUT2D eigenvalue weighted by molar-refractivity contribution is 0.170. The summed E-state index contributed by atoms with van der Waals surface area (Å²) in [6.45, 7) is 1.26. The van der Waals surface area contributed by atoms with Crippen molar-refractivity contribution in [3.8, 4) is 0 Å². The molecule has 2 saturated carbocycles. The van der Waals surface area contributed by atoms with E-state index in [9.17, 15) is 0 Å². The Labute approximate surface area is 112 Å². The minimum atomic E-state index is 0.865. The van der Waals surface area contributed by atoms with Crippen molar-refractivity contribution >= 4 is 15.9 Å². The van der Waals surface area contributed by atoms with Crippen molar-refractivity contribution in [1.29, 1.82) is 0 Å². The van der Waals surface area contributed by atoms with Gasteiger partial charge in [0.05, 0.1) is 0 Å². The van der Waals surface area contributed by atoms with Crippen LogP contribution >= 0.6 is 15.9 Å². The van der Waals surface area contributed by atoms with Gasteiger partial charge in [-0.05, 0) is 68.2 Å². The molecule has 92 valence electrons. The zero-order chi connectivity index (χ0) is 11.7. The Morgan fingerprint density at radius 2 is 1.71 bits per heavy atom. The molecule has 2 atom stereocenters. The van der Waals surface area contributed by atoms with Crippen LogP contribution in [0.3, 0.4) is 0 Å². The van der Waals surface area contributed by atoms with Crippen molar-refractivity contribution in [2.45, 2.75) is 38.1 Å². The van der Waals surface area contributed by atoms with Crippen molar-refractivity contribution in [3.05, 3.63) is 34.3 Å². The lowest BCUT2D eigenvalue weighted by Crippen LogP contribution is -2.37. The zero-order valence-corrected chi connectivity index (χ0v) is 11.7. The van der Waals surface area contributed by atoms with Gasteiger partial charge >= 0.3 is 0 Å². The van der Waals surface area contributed by atoms with E-state index in [1.165, 1.54) is 48.7 Å². The van der Waals surface area contributed by atoms with Gasteiger partial charge in [0, 0.05) is 10.5 Å². The van der Waals surface area contributed by atoms with Gasteiger partial charge < -0.3 is 5.32 Å². The summed E-state index contributed by atoms with van der Waals surface area (Å²) in [5, 5.41) is 3.68. The Balaban J connectivity index is 1.49. The van der Waals surface area contributed by atoms with Crippen LogP contribution < -0.4 is 5.32 Å². The Morgan fingerprint density at radius 1 is 1.00 bits per heavy atom. The minimum Gasteiger partial charge on any atom is -0.314 e. The highest BCUT2D eigenvalue weighted by atomic mass is 79.9. The molecule has 1 aromatic rings. The summed E-state index contributed by atoms with van der Waals surface area (Å²) in [6, 6.07) is 9.70. The van der Waals surface area contributed by atoms with Crippen LogP contribution in [0.5, 0.6) is 0 Å². The lowest BCUT2D eigenvalue weighted by atomic mass is 9.70. The molecule has 0 aliphatic heterocycles. The first-order valence-electron chi connectivity index (χ1n) is 6.79. The predicted molar refractivity (Wildman–Crippen MR) is 75.1 cm³/mol. The van der Waals surface area contributed by atoms with Crippen LogP contribution in [-0.2, 0) is 6.42 Å². The molecule has 1 aromatic carbocycles. The topological polar surface area (TPSA) is 12.0 Å². The summed E-state index contributed by atoms with van der Waals surface area (Å²) in [5.74, 6) is 1.85. The summed E-state index contributed by atoms with van der Waals surface area (Å²) in [7, 11) is 0. The molecule has 1 N–H and O–H groups in total. The molecule has 0 amide bonds. The molecule has 0 spiro atoms. The van der Waals surface area contributed by atoms with Gasteiger partial charge in [-0.1, -0.05) is 28.1 Å². The summed E-state index contributed by atoms with van der Waals surface area (Å²) in [5.41, 5.74) is 1.49. The van der Waals surface area contributed by atoms with E-state index in [0.29, 0.717) is 0 Å². The average molecular weight is 294 g/mol. The molecule has 17 heavy (non-hydrogen) atoms. The molecule has 2 aliphatic rings. The van der Waals surface area contributed by atoms with Crippen LogP contribution in [0.1, 0.15) is 31.2 Å². The molecule has 1 nitrogen and oxygen atoms in total. The van der Waals surface area contributed by atoms with Crippen LogP contribution in [0.2, 0.25) is 0 Å². The standard InChI is InChI=1S/C15H20BrN/c16-14-5-1-11(2-6-14)9-12-3-4-13(12)10-17-15-7-8-15/h1-2,5-6,12-13,15,17H,3-4,7-10H2. The predicted octanol–water partition coefficient (Wildman–Crippen LogP) is 3.77. The molecule has 0 aromatic heterocycles. The highest BCUT2D eigenvalue weighted by molar-refractivity contribution is 9.10. The number of benzene rings is 1. The maximum absolute atomic E-state index is 3.68. The summed E-state index contributed by atoms with van der Waals surface area (Å²) < 4.78 is 1.18. The van der Waals surface area contributed by atoms with Gasteiger partial charge in [-0.15, -0.1) is 0 Å². The number of halogens is 1. The van der Waals surface area contributed by atoms with Crippen molar-refractivity contribution in [1.82, 2.24) is 5.32 Å². The zero-order valence-electron chi connectivity index (χ0n) is 10.2. The third-order valence-electron chi connectivity index (χ3n) is 4.23. The highest BCUT2D eigenvalue weighted by Crippen LogP contribution is 2.37. The minimum absolute atomic E-state index is 0.865. The molecular formula is C15H20BrN. The quantitative estimate of drug-likeness (QED) is 0.871. The van der Waals surface area contributed by atoms with Gasteiger partial charge in [0.15, 0.2) is 0 Å². The molecule has 0 radical (unpaired) electrons. The van der Waals surface area contributed by atoms with Gasteiger partial charge in [-0.25, -0.2) is 0 Å². The Morgan fingerprint density at radius 3 is 2.29 bits per heavy atom. The van der Waals surface area contributed by atoms with Crippen LogP contribution in [0.25, 0.3) is 0 Å². The fraction of sp³-hybridized carbons (Fsp3) is 0.600. The van der Waals surface area contributed by atoms with E-state index >= 15 is 0 Å². The normalized spacial score (nSPS) is 27.8. The largest absolute Gasteiger partial charge is 0.314 e. The van der Waals surface area contributed by atoms with Crippen LogP contribution in [-0.4, -0.2) is 12.6 Å². The number of rotatable bonds is 5. The van der Waals surface area contributed by atoms with Crippen molar-refractivity contribution < 1.29 is 0 Å². The Bertz CT molecular complexity index is 369. The van der Waals surface area contributed by atoms with E-state index in [2.05, 4.69) is 45.5 Å². The van der Waals surface area contributed by atoms with Crippen molar-refractivity contribution in [2.75, 3.05) is 6.54 Å². The highest BCUT2D eigenvalue weighted by Gasteiger charge is 2.32. The van der Waals surface area contributed by atoms with Gasteiger partial charge in [0.2, 0.25) is 0 Å². The third kappa shape index (κ3) is 3.11. The SMILES string of the molecule is Brc1ccc(CC2CCC2CNC2CC2)cc1. The van der Waals surface area contributed by atoms with Crippen LogP contribution in [0.4, 0.5) is 0 Å². The van der Waals surface area contributed by atoms with Crippen molar-refractivity contribution in [2.24, 2.45) is 11.8 Å². The second-order valence-corrected chi connectivity index (χ2v) is 6.53. The molecule has 2 unspecified atom stereocenters. The van der Waals surface area contributed by atoms with Gasteiger partial charge in [0.25, 0.3) is 0 Å². The number of nitrogens with one attached hydrogen (secondary N) is 1. The van der Waals surface area contributed by atoms with E-state index in [0.717, 1.165) is 17.9 Å². The summed E-state index contributed by atoms with van der Waals surface area (Å²) >= 11 is 3.49. The second kappa shape index (κ2) is 5.11. The van der Waals surface area contributed by atoms with Crippen LogP contribution in [0.15, 0.2) is 28.7 Å². The molecule has 2 aliphatic carbocycles.